The Morgan fingerprint density at radius 1 is 1.24 bits per heavy atom. The average Bonchev–Trinajstić information content (AvgIpc) is 3.04. The van der Waals surface area contributed by atoms with Crippen molar-refractivity contribution in [1.29, 1.82) is 0 Å². The number of aromatic nitrogens is 2. The third-order valence-corrected chi connectivity index (χ3v) is 4.74. The predicted octanol–water partition coefficient (Wildman–Crippen LogP) is 0.500. The van der Waals surface area contributed by atoms with Gasteiger partial charge < -0.3 is 15.5 Å². The van der Waals surface area contributed by atoms with E-state index in [4.69, 9.17) is 5.73 Å². The molecule has 114 valence electrons. The van der Waals surface area contributed by atoms with Gasteiger partial charge in [0.2, 0.25) is 5.91 Å². The quantitative estimate of drug-likeness (QED) is 0.877. The highest BCUT2D eigenvalue weighted by atomic mass is 16.2. The highest BCUT2D eigenvalue weighted by Crippen LogP contribution is 2.32. The summed E-state index contributed by atoms with van der Waals surface area (Å²) in [6, 6.07) is 0. The minimum Gasteiger partial charge on any atom is -0.352 e. The van der Waals surface area contributed by atoms with Crippen LogP contribution < -0.4 is 10.6 Å². The average molecular weight is 289 g/mol. The molecule has 0 aromatic carbocycles. The first-order chi connectivity index (χ1) is 10.3. The van der Waals surface area contributed by atoms with Crippen molar-refractivity contribution in [1.82, 2.24) is 14.9 Å². The molecule has 2 heterocycles. The summed E-state index contributed by atoms with van der Waals surface area (Å²) in [5.41, 5.74) is 5.80. The van der Waals surface area contributed by atoms with E-state index >= 15 is 0 Å². The van der Waals surface area contributed by atoms with Crippen LogP contribution in [0.15, 0.2) is 18.6 Å². The van der Waals surface area contributed by atoms with Gasteiger partial charge in [-0.3, -0.25) is 9.78 Å². The molecule has 2 atom stereocenters. The maximum Gasteiger partial charge on any atom is 0.226 e. The molecule has 1 saturated heterocycles. The molecule has 0 bridgehead atoms. The SMILES string of the molecule is NC[C@H]1CCC[C@H]1C(=O)N1CCN(c2cnccn2)CC1. The van der Waals surface area contributed by atoms with Crippen LogP contribution in [0.4, 0.5) is 5.82 Å². The van der Waals surface area contributed by atoms with Crippen molar-refractivity contribution in [3.8, 4) is 0 Å². The Morgan fingerprint density at radius 2 is 2.05 bits per heavy atom. The number of piperazine rings is 1. The van der Waals surface area contributed by atoms with Gasteiger partial charge in [0.15, 0.2) is 0 Å². The largest absolute Gasteiger partial charge is 0.352 e. The van der Waals surface area contributed by atoms with Gasteiger partial charge in [-0.2, -0.15) is 0 Å². The maximum atomic E-state index is 12.6. The zero-order valence-electron chi connectivity index (χ0n) is 12.3. The van der Waals surface area contributed by atoms with Crippen LogP contribution in [0.5, 0.6) is 0 Å². The topological polar surface area (TPSA) is 75.4 Å². The number of carbonyl (C=O) groups excluding carboxylic acids is 1. The minimum absolute atomic E-state index is 0.151. The summed E-state index contributed by atoms with van der Waals surface area (Å²) in [5, 5.41) is 0. The number of nitrogens with zero attached hydrogens (tertiary/aromatic N) is 4. The van der Waals surface area contributed by atoms with Gasteiger partial charge in [0.05, 0.1) is 6.20 Å². The Hall–Kier alpha value is -1.69. The Kier molecular flexibility index (Phi) is 4.34. The number of nitrogens with two attached hydrogens (primary N) is 1. The van der Waals surface area contributed by atoms with Crippen molar-refractivity contribution < 1.29 is 4.79 Å². The second-order valence-corrected chi connectivity index (χ2v) is 5.91. The first-order valence-corrected chi connectivity index (χ1v) is 7.79. The van der Waals surface area contributed by atoms with Gasteiger partial charge in [0.25, 0.3) is 0 Å². The van der Waals surface area contributed by atoms with Crippen LogP contribution in [0.2, 0.25) is 0 Å². The van der Waals surface area contributed by atoms with Gasteiger partial charge in [-0.25, -0.2) is 4.98 Å². The lowest BCUT2D eigenvalue weighted by Gasteiger charge is -2.37. The maximum absolute atomic E-state index is 12.6. The lowest BCUT2D eigenvalue weighted by molar-refractivity contribution is -0.136. The molecule has 6 heteroatoms. The van der Waals surface area contributed by atoms with E-state index < -0.39 is 0 Å². The van der Waals surface area contributed by atoms with Gasteiger partial charge in [-0.15, -0.1) is 0 Å². The van der Waals surface area contributed by atoms with Gasteiger partial charge in [0.1, 0.15) is 5.82 Å². The molecule has 3 rings (SSSR count). The molecule has 0 spiro atoms. The van der Waals surface area contributed by atoms with E-state index in [9.17, 15) is 4.79 Å². The van der Waals surface area contributed by atoms with Crippen LogP contribution in [-0.4, -0.2) is 53.5 Å². The lowest BCUT2D eigenvalue weighted by Crippen LogP contribution is -2.51. The van der Waals surface area contributed by atoms with Crippen LogP contribution in [0.1, 0.15) is 19.3 Å². The molecule has 2 aliphatic rings. The van der Waals surface area contributed by atoms with E-state index in [2.05, 4.69) is 14.9 Å². The molecule has 2 fully saturated rings. The molecule has 1 aliphatic heterocycles. The molecule has 0 unspecified atom stereocenters. The Bertz CT molecular complexity index is 472. The lowest BCUT2D eigenvalue weighted by atomic mass is 9.94. The van der Waals surface area contributed by atoms with E-state index in [1.54, 1.807) is 18.6 Å². The van der Waals surface area contributed by atoms with E-state index in [1.165, 1.54) is 0 Å². The summed E-state index contributed by atoms with van der Waals surface area (Å²) < 4.78 is 0. The summed E-state index contributed by atoms with van der Waals surface area (Å²) in [6.45, 7) is 3.82. The predicted molar refractivity (Wildman–Crippen MR) is 80.7 cm³/mol. The van der Waals surface area contributed by atoms with Crippen molar-refractivity contribution in [2.45, 2.75) is 19.3 Å². The smallest absolute Gasteiger partial charge is 0.226 e. The van der Waals surface area contributed by atoms with Crippen LogP contribution in [0.25, 0.3) is 0 Å². The first-order valence-electron chi connectivity index (χ1n) is 7.79. The number of anilines is 1. The van der Waals surface area contributed by atoms with Gasteiger partial charge in [0, 0.05) is 44.5 Å². The van der Waals surface area contributed by atoms with Crippen molar-refractivity contribution in [2.75, 3.05) is 37.6 Å². The molecule has 21 heavy (non-hydrogen) atoms. The summed E-state index contributed by atoms with van der Waals surface area (Å²) in [7, 11) is 0. The first kappa shape index (κ1) is 14.3. The zero-order chi connectivity index (χ0) is 14.7. The molecule has 2 N–H and O–H groups in total. The van der Waals surface area contributed by atoms with Crippen LogP contribution in [0.3, 0.4) is 0 Å². The van der Waals surface area contributed by atoms with Crippen molar-refractivity contribution in [2.24, 2.45) is 17.6 Å². The summed E-state index contributed by atoms with van der Waals surface area (Å²) in [6.07, 6.45) is 8.40. The number of hydrogen-bond acceptors (Lipinski definition) is 5. The summed E-state index contributed by atoms with van der Waals surface area (Å²) in [5.74, 6) is 1.74. The van der Waals surface area contributed by atoms with E-state index in [1.807, 2.05) is 4.90 Å². The molecule has 1 aromatic heterocycles. The van der Waals surface area contributed by atoms with Gasteiger partial charge in [-0.05, 0) is 25.3 Å². The van der Waals surface area contributed by atoms with Crippen LogP contribution >= 0.6 is 0 Å². The number of hydrogen-bond donors (Lipinski definition) is 1. The monoisotopic (exact) mass is 289 g/mol. The Balaban J connectivity index is 1.57. The standard InChI is InChI=1S/C15H23N5O/c16-10-12-2-1-3-13(12)15(21)20-8-6-19(7-9-20)14-11-17-4-5-18-14/h4-5,11-13H,1-3,6-10,16H2/t12-,13-/m1/s1. The third kappa shape index (κ3) is 3.00. The van der Waals surface area contributed by atoms with Gasteiger partial charge >= 0.3 is 0 Å². The van der Waals surface area contributed by atoms with Crippen molar-refractivity contribution >= 4 is 11.7 Å². The number of carbonyl (C=O) groups is 1. The molecule has 1 aromatic rings. The summed E-state index contributed by atoms with van der Waals surface area (Å²) >= 11 is 0. The summed E-state index contributed by atoms with van der Waals surface area (Å²) in [4.78, 5) is 25.2. The van der Waals surface area contributed by atoms with Crippen LogP contribution in [0, 0.1) is 11.8 Å². The fraction of sp³-hybridized carbons (Fsp3) is 0.667. The zero-order valence-corrected chi connectivity index (χ0v) is 12.3. The second kappa shape index (κ2) is 6.39. The van der Waals surface area contributed by atoms with Gasteiger partial charge in [-0.1, -0.05) is 6.42 Å². The van der Waals surface area contributed by atoms with E-state index in [-0.39, 0.29) is 5.92 Å². The molecule has 1 amide bonds. The highest BCUT2D eigenvalue weighted by molar-refractivity contribution is 5.79. The molecule has 1 saturated carbocycles. The molecule has 1 aliphatic carbocycles. The van der Waals surface area contributed by atoms with Crippen molar-refractivity contribution in [3.63, 3.8) is 0 Å². The minimum atomic E-state index is 0.151. The number of amides is 1. The van der Waals surface area contributed by atoms with E-state index in [0.717, 1.165) is 51.3 Å². The fourth-order valence-corrected chi connectivity index (χ4v) is 3.49. The van der Waals surface area contributed by atoms with Crippen LogP contribution in [-0.2, 0) is 4.79 Å². The molecular formula is C15H23N5O. The highest BCUT2D eigenvalue weighted by Gasteiger charge is 2.35. The molecule has 6 nitrogen and oxygen atoms in total. The fourth-order valence-electron chi connectivity index (χ4n) is 3.49. The molecule has 0 radical (unpaired) electrons. The Morgan fingerprint density at radius 3 is 2.71 bits per heavy atom. The Labute approximate surface area is 125 Å². The molecular weight excluding hydrogens is 266 g/mol. The van der Waals surface area contributed by atoms with Crippen molar-refractivity contribution in [3.05, 3.63) is 18.6 Å². The normalized spacial score (nSPS) is 26.1. The second-order valence-electron chi connectivity index (χ2n) is 5.91. The number of rotatable bonds is 3. The van der Waals surface area contributed by atoms with E-state index in [0.29, 0.717) is 18.4 Å². The third-order valence-electron chi connectivity index (χ3n) is 4.74.